The Morgan fingerprint density at radius 3 is 0.726 bits per heavy atom. The highest BCUT2D eigenvalue weighted by atomic mass is 16.3. The Morgan fingerprint density at radius 1 is 0.323 bits per heavy atom. The second kappa shape index (κ2) is 53.0. The number of hydrogen-bond acceptors (Lipinski definition) is 4. The van der Waals surface area contributed by atoms with E-state index in [1.165, 1.54) is 276 Å². The summed E-state index contributed by atoms with van der Waals surface area (Å²) in [4.78, 5) is 12.6. The SMILES string of the molecule is CCCCCCCCCCCCCCCCCCCCCCCCCCCC(O)C(=O)NC(CO)C(O)CCCCCCCCCCCCCCCCCCCCCCCCC. The van der Waals surface area contributed by atoms with Gasteiger partial charge in [0.05, 0.1) is 18.8 Å². The van der Waals surface area contributed by atoms with Crippen LogP contribution < -0.4 is 5.32 Å². The Labute approximate surface area is 389 Å². The topological polar surface area (TPSA) is 89.8 Å². The molecule has 4 N–H and O–H groups in total. The highest BCUT2D eigenvalue weighted by molar-refractivity contribution is 5.80. The molecule has 3 unspecified atom stereocenters. The molecule has 5 heteroatoms. The van der Waals surface area contributed by atoms with E-state index < -0.39 is 24.2 Å². The van der Waals surface area contributed by atoms with E-state index >= 15 is 0 Å². The molecule has 3 atom stereocenters. The lowest BCUT2D eigenvalue weighted by molar-refractivity contribution is -0.131. The van der Waals surface area contributed by atoms with Crippen molar-refractivity contribution in [2.24, 2.45) is 0 Å². The maximum atomic E-state index is 12.6. The average Bonchev–Trinajstić information content (AvgIpc) is 3.28. The smallest absolute Gasteiger partial charge is 0.249 e. The molecule has 0 spiro atoms. The Balaban J connectivity index is 3.49. The zero-order valence-corrected chi connectivity index (χ0v) is 42.5. The molecule has 0 aliphatic rings. The number of unbranched alkanes of at least 4 members (excludes halogenated alkanes) is 46. The molecule has 1 amide bonds. The van der Waals surface area contributed by atoms with Gasteiger partial charge in [-0.3, -0.25) is 4.79 Å². The molecule has 0 aliphatic heterocycles. The lowest BCUT2D eigenvalue weighted by Gasteiger charge is -2.23. The monoisotopic (exact) mass is 878 g/mol. The molecule has 0 aliphatic carbocycles. The first-order valence-corrected chi connectivity index (χ1v) is 28.8. The van der Waals surface area contributed by atoms with Gasteiger partial charge in [0.15, 0.2) is 0 Å². The molecule has 0 heterocycles. The van der Waals surface area contributed by atoms with E-state index in [0.29, 0.717) is 12.8 Å². The lowest BCUT2D eigenvalue weighted by atomic mass is 10.0. The van der Waals surface area contributed by atoms with Crippen molar-refractivity contribution in [2.75, 3.05) is 6.61 Å². The minimum absolute atomic E-state index is 0.307. The third-order valence-corrected chi connectivity index (χ3v) is 14.0. The predicted molar refractivity (Wildman–Crippen MR) is 273 cm³/mol. The van der Waals surface area contributed by atoms with Crippen LogP contribution in [0.25, 0.3) is 0 Å². The number of carbonyl (C=O) groups excluding carboxylic acids is 1. The molecule has 0 saturated heterocycles. The van der Waals surface area contributed by atoms with Crippen LogP contribution in [-0.4, -0.2) is 46.1 Å². The molecule has 0 saturated carbocycles. The summed E-state index contributed by atoms with van der Waals surface area (Å²) >= 11 is 0. The van der Waals surface area contributed by atoms with Gasteiger partial charge in [-0.1, -0.05) is 322 Å². The fourth-order valence-electron chi connectivity index (χ4n) is 9.49. The second-order valence-corrected chi connectivity index (χ2v) is 20.2. The molecule has 5 nitrogen and oxygen atoms in total. The third-order valence-electron chi connectivity index (χ3n) is 14.0. The van der Waals surface area contributed by atoms with E-state index in [-0.39, 0.29) is 6.61 Å². The predicted octanol–water partition coefficient (Wildman–Crippen LogP) is 17.7. The molecule has 0 rings (SSSR count). The van der Waals surface area contributed by atoms with Crippen molar-refractivity contribution in [1.29, 1.82) is 0 Å². The van der Waals surface area contributed by atoms with Crippen molar-refractivity contribution in [3.63, 3.8) is 0 Å². The van der Waals surface area contributed by atoms with Crippen molar-refractivity contribution in [2.45, 2.75) is 353 Å². The van der Waals surface area contributed by atoms with Crippen LogP contribution in [0.2, 0.25) is 0 Å². The van der Waals surface area contributed by atoms with Crippen LogP contribution in [0.3, 0.4) is 0 Å². The summed E-state index contributed by atoms with van der Waals surface area (Å²) < 4.78 is 0. The van der Waals surface area contributed by atoms with Crippen LogP contribution in [-0.2, 0) is 4.79 Å². The van der Waals surface area contributed by atoms with Crippen LogP contribution in [0.15, 0.2) is 0 Å². The quantitative estimate of drug-likeness (QED) is 0.0458. The van der Waals surface area contributed by atoms with Crippen molar-refractivity contribution in [3.8, 4) is 0 Å². The summed E-state index contributed by atoms with van der Waals surface area (Å²) in [7, 11) is 0. The van der Waals surface area contributed by atoms with E-state index in [9.17, 15) is 20.1 Å². The first-order valence-electron chi connectivity index (χ1n) is 28.8. The van der Waals surface area contributed by atoms with Crippen LogP contribution in [0.4, 0.5) is 0 Å². The van der Waals surface area contributed by atoms with E-state index in [1.807, 2.05) is 0 Å². The van der Waals surface area contributed by atoms with Gasteiger partial charge >= 0.3 is 0 Å². The van der Waals surface area contributed by atoms with Gasteiger partial charge in [-0.25, -0.2) is 0 Å². The summed E-state index contributed by atoms with van der Waals surface area (Å²) in [6, 6.07) is -0.707. The zero-order valence-electron chi connectivity index (χ0n) is 42.5. The van der Waals surface area contributed by atoms with Crippen LogP contribution >= 0.6 is 0 Å². The fourth-order valence-corrected chi connectivity index (χ4v) is 9.49. The minimum atomic E-state index is -1.07. The van der Waals surface area contributed by atoms with Gasteiger partial charge in [-0.2, -0.15) is 0 Å². The molecule has 372 valence electrons. The molecule has 0 aromatic heterocycles. The van der Waals surface area contributed by atoms with Gasteiger partial charge in [-0.05, 0) is 12.8 Å². The molecule has 0 radical (unpaired) electrons. The Kier molecular flexibility index (Phi) is 52.4. The maximum absolute atomic E-state index is 12.6. The molecular weight excluding hydrogens is 763 g/mol. The Morgan fingerprint density at radius 2 is 0.516 bits per heavy atom. The molecule has 0 aromatic carbocycles. The van der Waals surface area contributed by atoms with Crippen LogP contribution in [0, 0.1) is 0 Å². The Bertz CT molecular complexity index is 838. The van der Waals surface area contributed by atoms with E-state index in [1.54, 1.807) is 0 Å². The number of nitrogens with one attached hydrogen (secondary N) is 1. The summed E-state index contributed by atoms with van der Waals surface area (Å²) in [6.45, 7) is 4.28. The number of aliphatic hydroxyl groups excluding tert-OH is 3. The summed E-state index contributed by atoms with van der Waals surface area (Å²) in [5.74, 6) is -0.461. The first-order chi connectivity index (χ1) is 30.6. The molecule has 62 heavy (non-hydrogen) atoms. The normalized spacial score (nSPS) is 13.2. The molecule has 0 fully saturated rings. The first kappa shape index (κ1) is 61.4. The number of carbonyl (C=O) groups is 1. The maximum Gasteiger partial charge on any atom is 0.249 e. The highest BCUT2D eigenvalue weighted by Crippen LogP contribution is 2.19. The van der Waals surface area contributed by atoms with Gasteiger partial charge < -0.3 is 20.6 Å². The Hall–Kier alpha value is -0.650. The summed E-state index contributed by atoms with van der Waals surface area (Å²) in [5.41, 5.74) is 0. The van der Waals surface area contributed by atoms with Gasteiger partial charge in [0.25, 0.3) is 0 Å². The van der Waals surface area contributed by atoms with Crippen LogP contribution in [0.5, 0.6) is 0 Å². The standard InChI is InChI=1S/C57H115NO4/c1-3-5-7-9-11-13-15-17-19-21-23-25-27-28-30-32-34-36-38-40-42-44-46-48-50-52-56(61)57(62)58-54(53-59)55(60)51-49-47-45-43-41-39-37-35-33-31-29-26-24-22-20-18-16-14-12-10-8-6-4-2/h54-56,59-61H,3-53H2,1-2H3,(H,58,62). The largest absolute Gasteiger partial charge is 0.394 e. The minimum Gasteiger partial charge on any atom is -0.394 e. The van der Waals surface area contributed by atoms with Gasteiger partial charge in [-0.15, -0.1) is 0 Å². The zero-order chi connectivity index (χ0) is 45.1. The summed E-state index contributed by atoms with van der Waals surface area (Å²) in [5, 5.41) is 33.6. The third kappa shape index (κ3) is 47.3. The van der Waals surface area contributed by atoms with E-state index in [0.717, 1.165) is 32.1 Å². The second-order valence-electron chi connectivity index (χ2n) is 20.2. The van der Waals surface area contributed by atoms with Gasteiger partial charge in [0, 0.05) is 0 Å². The van der Waals surface area contributed by atoms with Gasteiger partial charge in [0.2, 0.25) is 5.91 Å². The lowest BCUT2D eigenvalue weighted by Crippen LogP contribution is -2.49. The van der Waals surface area contributed by atoms with E-state index in [2.05, 4.69) is 19.2 Å². The summed E-state index contributed by atoms with van der Waals surface area (Å²) in [6.07, 6.45) is 64.4. The molecule has 0 bridgehead atoms. The van der Waals surface area contributed by atoms with E-state index in [4.69, 9.17) is 0 Å². The van der Waals surface area contributed by atoms with Crippen molar-refractivity contribution in [3.05, 3.63) is 0 Å². The van der Waals surface area contributed by atoms with Gasteiger partial charge in [0.1, 0.15) is 6.10 Å². The fraction of sp³-hybridized carbons (Fsp3) is 0.982. The number of amides is 1. The van der Waals surface area contributed by atoms with Crippen molar-refractivity contribution in [1.82, 2.24) is 5.32 Å². The van der Waals surface area contributed by atoms with Crippen LogP contribution in [0.1, 0.15) is 335 Å². The molecular formula is C57H115NO4. The number of aliphatic hydroxyl groups is 3. The number of hydrogen-bond donors (Lipinski definition) is 4. The van der Waals surface area contributed by atoms with Crippen molar-refractivity contribution >= 4 is 5.91 Å². The number of rotatable bonds is 54. The average molecular weight is 879 g/mol. The molecule has 0 aromatic rings. The van der Waals surface area contributed by atoms with Crippen molar-refractivity contribution < 1.29 is 20.1 Å². The highest BCUT2D eigenvalue weighted by Gasteiger charge is 2.23.